The zero-order valence-corrected chi connectivity index (χ0v) is 17.9. The van der Waals surface area contributed by atoms with Gasteiger partial charge < -0.3 is 14.8 Å². The number of carbonyl (C=O) groups is 1. The Hall–Kier alpha value is -3.59. The van der Waals surface area contributed by atoms with Crippen molar-refractivity contribution in [2.45, 2.75) is 24.3 Å². The summed E-state index contributed by atoms with van der Waals surface area (Å²) in [5.74, 6) is 0.808. The van der Waals surface area contributed by atoms with E-state index in [2.05, 4.69) is 15.0 Å². The topological polar surface area (TPSA) is 107 Å². The van der Waals surface area contributed by atoms with Gasteiger partial charge in [0.25, 0.3) is 15.9 Å². The molecule has 3 rings (SSSR count). The van der Waals surface area contributed by atoms with Crippen LogP contribution in [0.15, 0.2) is 78.0 Å². The zero-order chi connectivity index (χ0) is 22.3. The Morgan fingerprint density at radius 3 is 2.42 bits per heavy atom. The summed E-state index contributed by atoms with van der Waals surface area (Å²) in [5.41, 5.74) is 0.818. The van der Waals surface area contributed by atoms with Gasteiger partial charge in [-0.2, -0.15) is 0 Å². The van der Waals surface area contributed by atoms with Crippen molar-refractivity contribution < 1.29 is 22.7 Å². The Morgan fingerprint density at radius 1 is 1.03 bits per heavy atom. The summed E-state index contributed by atoms with van der Waals surface area (Å²) in [6.45, 7) is 1.84. The molecule has 1 unspecified atom stereocenters. The number of sulfonamides is 1. The molecule has 2 aromatic carbocycles. The number of carbonyl (C=O) groups excluding carboxylic acids is 1. The van der Waals surface area contributed by atoms with E-state index in [1.807, 2.05) is 6.92 Å². The molecule has 0 bridgehead atoms. The van der Waals surface area contributed by atoms with Gasteiger partial charge in [0.05, 0.1) is 23.9 Å². The second-order valence-electron chi connectivity index (χ2n) is 6.55. The molecule has 1 aromatic heterocycles. The predicted octanol–water partition coefficient (Wildman–Crippen LogP) is 3.69. The molecule has 0 aliphatic heterocycles. The molecule has 0 saturated heterocycles. The lowest BCUT2D eigenvalue weighted by molar-refractivity contribution is -0.122. The zero-order valence-electron chi connectivity index (χ0n) is 17.1. The highest BCUT2D eigenvalue weighted by Gasteiger charge is 2.20. The number of hydrogen-bond donors (Lipinski definition) is 2. The van der Waals surface area contributed by atoms with Gasteiger partial charge in [0.1, 0.15) is 11.5 Å². The minimum Gasteiger partial charge on any atom is -0.497 e. The second kappa shape index (κ2) is 9.94. The molecule has 162 valence electrons. The number of amides is 1. The van der Waals surface area contributed by atoms with Crippen LogP contribution in [-0.4, -0.2) is 32.5 Å². The van der Waals surface area contributed by atoms with Gasteiger partial charge in [0.2, 0.25) is 0 Å². The second-order valence-corrected chi connectivity index (χ2v) is 8.24. The van der Waals surface area contributed by atoms with Crippen molar-refractivity contribution >= 4 is 27.3 Å². The van der Waals surface area contributed by atoms with Crippen molar-refractivity contribution in [1.29, 1.82) is 0 Å². The van der Waals surface area contributed by atoms with Gasteiger partial charge in [-0.15, -0.1) is 0 Å². The molecule has 2 N–H and O–H groups in total. The number of hydrogen-bond acceptors (Lipinski definition) is 6. The molecule has 1 amide bonds. The highest BCUT2D eigenvalue weighted by Crippen LogP contribution is 2.22. The molecule has 3 aromatic rings. The average molecular weight is 442 g/mol. The van der Waals surface area contributed by atoms with E-state index in [4.69, 9.17) is 9.47 Å². The molecule has 0 saturated carbocycles. The molecule has 0 aliphatic carbocycles. The van der Waals surface area contributed by atoms with Crippen LogP contribution in [0.1, 0.15) is 13.3 Å². The van der Waals surface area contributed by atoms with Crippen molar-refractivity contribution in [2.24, 2.45) is 0 Å². The van der Waals surface area contributed by atoms with E-state index in [1.54, 1.807) is 49.7 Å². The Balaban J connectivity index is 1.65. The van der Waals surface area contributed by atoms with E-state index >= 15 is 0 Å². The Bertz CT molecular complexity index is 1120. The van der Waals surface area contributed by atoms with E-state index in [-0.39, 0.29) is 10.8 Å². The quantitative estimate of drug-likeness (QED) is 0.525. The Kier molecular flexibility index (Phi) is 7.09. The number of pyridine rings is 1. The van der Waals surface area contributed by atoms with Crippen LogP contribution in [0.2, 0.25) is 0 Å². The summed E-state index contributed by atoms with van der Waals surface area (Å²) < 4.78 is 38.4. The first-order chi connectivity index (χ1) is 14.9. The number of ether oxygens (including phenoxy) is 2. The highest BCUT2D eigenvalue weighted by atomic mass is 32.2. The average Bonchev–Trinajstić information content (AvgIpc) is 2.78. The molecule has 1 atom stereocenters. The van der Waals surface area contributed by atoms with Gasteiger partial charge in [0.15, 0.2) is 6.10 Å². The first-order valence-corrected chi connectivity index (χ1v) is 11.0. The molecular weight excluding hydrogens is 418 g/mol. The first kappa shape index (κ1) is 22.1. The van der Waals surface area contributed by atoms with Crippen LogP contribution < -0.4 is 19.5 Å². The van der Waals surface area contributed by atoms with Gasteiger partial charge in [0, 0.05) is 18.0 Å². The third-order valence-electron chi connectivity index (χ3n) is 4.33. The Labute approximate surface area is 181 Å². The molecule has 9 heteroatoms. The van der Waals surface area contributed by atoms with Crippen molar-refractivity contribution in [3.8, 4) is 11.5 Å². The van der Waals surface area contributed by atoms with E-state index < -0.39 is 16.1 Å². The molecule has 31 heavy (non-hydrogen) atoms. The number of anilines is 2. The van der Waals surface area contributed by atoms with Crippen molar-refractivity contribution in [3.05, 3.63) is 73.1 Å². The van der Waals surface area contributed by atoms with Gasteiger partial charge in [-0.1, -0.05) is 13.0 Å². The third kappa shape index (κ3) is 5.95. The highest BCUT2D eigenvalue weighted by molar-refractivity contribution is 7.92. The van der Waals surface area contributed by atoms with Crippen molar-refractivity contribution in [2.75, 3.05) is 17.1 Å². The van der Waals surface area contributed by atoms with Crippen LogP contribution >= 0.6 is 0 Å². The van der Waals surface area contributed by atoms with E-state index in [1.165, 1.54) is 30.5 Å². The van der Waals surface area contributed by atoms with Crippen molar-refractivity contribution in [3.63, 3.8) is 0 Å². The standard InChI is InChI=1S/C22H23N3O5S/c1-3-21(30-19-8-4-7-18(14-19)29-2)22(26)24-16-9-11-20(12-10-16)31(27,28)25-17-6-5-13-23-15-17/h4-15,21,25H,3H2,1-2H3,(H,24,26). The summed E-state index contributed by atoms with van der Waals surface area (Å²) in [5, 5.41) is 2.75. The summed E-state index contributed by atoms with van der Waals surface area (Å²) in [4.78, 5) is 16.6. The minimum atomic E-state index is -3.77. The van der Waals surface area contributed by atoms with E-state index in [9.17, 15) is 13.2 Å². The van der Waals surface area contributed by atoms with Crippen molar-refractivity contribution in [1.82, 2.24) is 4.98 Å². The fourth-order valence-corrected chi connectivity index (χ4v) is 3.78. The van der Waals surface area contributed by atoms with Crippen LogP contribution in [0.4, 0.5) is 11.4 Å². The maximum absolute atomic E-state index is 12.6. The normalized spacial score (nSPS) is 11.9. The number of benzene rings is 2. The monoisotopic (exact) mass is 441 g/mol. The molecular formula is C22H23N3O5S. The fourth-order valence-electron chi connectivity index (χ4n) is 2.74. The van der Waals surface area contributed by atoms with Crippen LogP contribution in [-0.2, 0) is 14.8 Å². The van der Waals surface area contributed by atoms with Crippen LogP contribution in [0.3, 0.4) is 0 Å². The largest absolute Gasteiger partial charge is 0.497 e. The molecule has 0 aliphatic rings. The van der Waals surface area contributed by atoms with E-state index in [0.29, 0.717) is 29.3 Å². The number of rotatable bonds is 9. The van der Waals surface area contributed by atoms with Gasteiger partial charge in [-0.3, -0.25) is 14.5 Å². The molecule has 0 fully saturated rings. The fraction of sp³-hybridized carbons (Fsp3) is 0.182. The number of aromatic nitrogens is 1. The smallest absolute Gasteiger partial charge is 0.265 e. The lowest BCUT2D eigenvalue weighted by Gasteiger charge is -2.18. The van der Waals surface area contributed by atoms with Crippen LogP contribution in [0.25, 0.3) is 0 Å². The summed E-state index contributed by atoms with van der Waals surface area (Å²) in [7, 11) is -2.21. The molecule has 0 spiro atoms. The van der Waals surface area contributed by atoms with Gasteiger partial charge in [-0.05, 0) is 55.0 Å². The number of nitrogens with one attached hydrogen (secondary N) is 2. The molecule has 8 nitrogen and oxygen atoms in total. The summed E-state index contributed by atoms with van der Waals surface area (Å²) >= 11 is 0. The minimum absolute atomic E-state index is 0.0639. The lowest BCUT2D eigenvalue weighted by Crippen LogP contribution is -2.32. The number of methoxy groups -OCH3 is 1. The SMILES string of the molecule is CCC(Oc1cccc(OC)c1)C(=O)Nc1ccc(S(=O)(=O)Nc2cccnc2)cc1. The molecule has 1 heterocycles. The first-order valence-electron chi connectivity index (χ1n) is 9.56. The van der Waals surface area contributed by atoms with E-state index in [0.717, 1.165) is 0 Å². The van der Waals surface area contributed by atoms with Crippen LogP contribution in [0.5, 0.6) is 11.5 Å². The van der Waals surface area contributed by atoms with Gasteiger partial charge in [-0.25, -0.2) is 8.42 Å². The summed E-state index contributed by atoms with van der Waals surface area (Å²) in [6.07, 6.45) is 2.70. The maximum atomic E-state index is 12.6. The van der Waals surface area contributed by atoms with Gasteiger partial charge >= 0.3 is 0 Å². The summed E-state index contributed by atoms with van der Waals surface area (Å²) in [6, 6.07) is 16.1. The molecule has 0 radical (unpaired) electrons. The lowest BCUT2D eigenvalue weighted by atomic mass is 10.2. The Morgan fingerprint density at radius 2 is 1.77 bits per heavy atom. The van der Waals surface area contributed by atoms with Crippen LogP contribution in [0, 0.1) is 0 Å². The number of nitrogens with zero attached hydrogens (tertiary/aromatic N) is 1. The maximum Gasteiger partial charge on any atom is 0.265 e. The predicted molar refractivity (Wildman–Crippen MR) is 118 cm³/mol. The third-order valence-corrected chi connectivity index (χ3v) is 5.73.